The summed E-state index contributed by atoms with van der Waals surface area (Å²) in [6, 6.07) is 20.4. The van der Waals surface area contributed by atoms with Crippen LogP contribution in [0.3, 0.4) is 0 Å². The van der Waals surface area contributed by atoms with Gasteiger partial charge in [-0.15, -0.1) is 0 Å². The highest BCUT2D eigenvalue weighted by Gasteiger charge is 2.43. The molecule has 1 aliphatic heterocycles. The molecule has 1 heterocycles. The molecule has 1 fully saturated rings. The molecule has 0 aliphatic carbocycles. The Morgan fingerprint density at radius 2 is 1.79 bits per heavy atom. The average molecular weight is 466 g/mol. The van der Waals surface area contributed by atoms with Gasteiger partial charge in [0.2, 0.25) is 0 Å². The third-order valence-corrected chi connectivity index (χ3v) is 6.61. The molecule has 2 atom stereocenters. The van der Waals surface area contributed by atoms with Crippen molar-refractivity contribution >= 4 is 6.09 Å². The summed E-state index contributed by atoms with van der Waals surface area (Å²) in [5.41, 5.74) is 2.09. The summed E-state index contributed by atoms with van der Waals surface area (Å²) in [5.74, 6) is -1.22. The number of carbonyl (C=O) groups excluding carboxylic acids is 1. The fraction of sp³-hybridized carbons (Fsp3) is 0.321. The first-order valence-electron chi connectivity index (χ1n) is 11.7. The zero-order valence-corrected chi connectivity index (χ0v) is 19.2. The monoisotopic (exact) mass is 465 g/mol. The van der Waals surface area contributed by atoms with Gasteiger partial charge >= 0.3 is 6.09 Å². The number of aliphatic hydroxyl groups excluding tert-OH is 1. The first-order chi connectivity index (χ1) is 16.5. The van der Waals surface area contributed by atoms with Crippen LogP contribution in [-0.4, -0.2) is 29.3 Å². The molecule has 34 heavy (non-hydrogen) atoms. The molecule has 1 N–H and O–H groups in total. The minimum absolute atomic E-state index is 0.0361. The van der Waals surface area contributed by atoms with E-state index in [0.717, 1.165) is 17.2 Å². The Hall–Kier alpha value is -3.25. The molecule has 0 bridgehead atoms. The van der Waals surface area contributed by atoms with Crippen LogP contribution in [0.15, 0.2) is 72.8 Å². The van der Waals surface area contributed by atoms with Crippen LogP contribution in [0.1, 0.15) is 49.8 Å². The second-order valence-electron chi connectivity index (χ2n) is 8.67. The van der Waals surface area contributed by atoms with E-state index in [4.69, 9.17) is 4.74 Å². The largest absolute Gasteiger partial charge is 0.438 e. The van der Waals surface area contributed by atoms with E-state index in [0.29, 0.717) is 43.4 Å². The van der Waals surface area contributed by atoms with E-state index in [2.05, 4.69) is 0 Å². The van der Waals surface area contributed by atoms with Gasteiger partial charge < -0.3 is 14.7 Å². The third-order valence-electron chi connectivity index (χ3n) is 6.61. The first kappa shape index (κ1) is 23.9. The van der Waals surface area contributed by atoms with Crippen LogP contribution in [0.5, 0.6) is 0 Å². The van der Waals surface area contributed by atoms with Crippen LogP contribution in [0.4, 0.5) is 13.6 Å². The molecule has 178 valence electrons. The van der Waals surface area contributed by atoms with E-state index in [-0.39, 0.29) is 18.7 Å². The van der Waals surface area contributed by atoms with E-state index in [1.807, 2.05) is 49.4 Å². The average Bonchev–Trinajstić information content (AvgIpc) is 2.85. The number of nitrogens with zero attached hydrogens (tertiary/aromatic N) is 1. The molecule has 0 unspecified atom stereocenters. The fourth-order valence-electron chi connectivity index (χ4n) is 4.83. The number of cyclic esters (lactones) is 1. The smallest absolute Gasteiger partial charge is 0.411 e. The molecule has 0 aromatic heterocycles. The van der Waals surface area contributed by atoms with Gasteiger partial charge in [-0.25, -0.2) is 13.6 Å². The number of aliphatic hydroxyl groups is 1. The highest BCUT2D eigenvalue weighted by atomic mass is 19.1. The summed E-state index contributed by atoms with van der Waals surface area (Å²) in [5, 5.41) is 9.39. The lowest BCUT2D eigenvalue weighted by molar-refractivity contribution is -0.0697. The number of ether oxygens (including phenoxy) is 1. The molecular formula is C28H29F2NO3. The van der Waals surface area contributed by atoms with E-state index in [9.17, 15) is 18.7 Å². The molecule has 6 heteroatoms. The number of hydrogen-bond acceptors (Lipinski definition) is 3. The van der Waals surface area contributed by atoms with Crippen molar-refractivity contribution in [1.82, 2.24) is 4.90 Å². The number of halogens is 2. The third kappa shape index (κ3) is 4.82. The minimum Gasteiger partial charge on any atom is -0.438 e. The van der Waals surface area contributed by atoms with E-state index in [1.165, 1.54) is 12.1 Å². The van der Waals surface area contributed by atoms with Crippen LogP contribution in [0, 0.1) is 11.6 Å². The predicted molar refractivity (Wildman–Crippen MR) is 127 cm³/mol. The van der Waals surface area contributed by atoms with Crippen molar-refractivity contribution in [1.29, 1.82) is 0 Å². The Morgan fingerprint density at radius 1 is 1.06 bits per heavy atom. The molecule has 1 aliphatic rings. The molecule has 3 aromatic carbocycles. The molecule has 3 aromatic rings. The van der Waals surface area contributed by atoms with Crippen molar-refractivity contribution in [2.24, 2.45) is 0 Å². The quantitative estimate of drug-likeness (QED) is 0.408. The Kier molecular flexibility index (Phi) is 7.27. The Balaban J connectivity index is 1.55. The van der Waals surface area contributed by atoms with Crippen molar-refractivity contribution < 1.29 is 23.4 Å². The molecule has 0 spiro atoms. The van der Waals surface area contributed by atoms with Gasteiger partial charge in [0, 0.05) is 31.2 Å². The van der Waals surface area contributed by atoms with Crippen LogP contribution < -0.4 is 0 Å². The zero-order chi connectivity index (χ0) is 24.1. The maximum atomic E-state index is 14.2. The van der Waals surface area contributed by atoms with Crippen molar-refractivity contribution in [3.8, 4) is 11.1 Å². The number of amides is 1. The number of benzene rings is 3. The van der Waals surface area contributed by atoms with Crippen molar-refractivity contribution in [2.75, 3.05) is 13.2 Å². The van der Waals surface area contributed by atoms with Crippen LogP contribution >= 0.6 is 0 Å². The summed E-state index contributed by atoms with van der Waals surface area (Å²) in [4.78, 5) is 15.0. The normalized spacial score (nSPS) is 19.1. The summed E-state index contributed by atoms with van der Waals surface area (Å²) in [6.07, 6.45) is 2.03. The summed E-state index contributed by atoms with van der Waals surface area (Å²) in [7, 11) is 0. The lowest BCUT2D eigenvalue weighted by Gasteiger charge is -2.44. The van der Waals surface area contributed by atoms with Gasteiger partial charge in [-0.3, -0.25) is 0 Å². The van der Waals surface area contributed by atoms with Crippen molar-refractivity contribution in [3.63, 3.8) is 0 Å². The topological polar surface area (TPSA) is 49.8 Å². The molecular weight excluding hydrogens is 436 g/mol. The van der Waals surface area contributed by atoms with E-state index >= 15 is 0 Å². The molecule has 1 saturated heterocycles. The lowest BCUT2D eigenvalue weighted by Crippen LogP contribution is -2.49. The second-order valence-corrected chi connectivity index (χ2v) is 8.67. The lowest BCUT2D eigenvalue weighted by atomic mass is 9.84. The van der Waals surface area contributed by atoms with E-state index < -0.39 is 17.2 Å². The molecule has 0 saturated carbocycles. The van der Waals surface area contributed by atoms with Gasteiger partial charge in [-0.05, 0) is 48.1 Å². The van der Waals surface area contributed by atoms with Crippen molar-refractivity contribution in [2.45, 2.75) is 44.2 Å². The van der Waals surface area contributed by atoms with Gasteiger partial charge in [0.1, 0.15) is 17.2 Å². The molecule has 4 nitrogen and oxygen atoms in total. The number of rotatable bonds is 8. The van der Waals surface area contributed by atoms with Gasteiger partial charge in [-0.1, -0.05) is 61.5 Å². The summed E-state index contributed by atoms with van der Waals surface area (Å²) >= 11 is 0. The highest BCUT2D eigenvalue weighted by Crippen LogP contribution is 2.41. The Morgan fingerprint density at radius 3 is 2.41 bits per heavy atom. The van der Waals surface area contributed by atoms with Gasteiger partial charge in [-0.2, -0.15) is 0 Å². The highest BCUT2D eigenvalue weighted by molar-refractivity contribution is 5.70. The van der Waals surface area contributed by atoms with E-state index in [1.54, 1.807) is 17.0 Å². The Labute approximate surface area is 198 Å². The first-order valence-corrected chi connectivity index (χ1v) is 11.7. The fourth-order valence-corrected chi connectivity index (χ4v) is 4.83. The van der Waals surface area contributed by atoms with Gasteiger partial charge in [0.15, 0.2) is 0 Å². The maximum Gasteiger partial charge on any atom is 0.411 e. The molecule has 4 rings (SSSR count). The van der Waals surface area contributed by atoms with Crippen molar-refractivity contribution in [3.05, 3.63) is 95.6 Å². The van der Waals surface area contributed by atoms with Crippen LogP contribution in [0.25, 0.3) is 11.1 Å². The standard InChI is InChI=1S/C28H29F2NO3/c1-2-26(21-11-9-20(10-12-21)24-14-13-23(29)19-25(24)30)31-17-16-28(15-6-18-32,34-27(31)33)22-7-4-3-5-8-22/h3-5,7-14,19,26,32H,2,6,15-18H2,1H3/t26-,28+/m0/s1. The molecule has 0 radical (unpaired) electrons. The number of hydrogen-bond donors (Lipinski definition) is 1. The maximum absolute atomic E-state index is 14.2. The molecule has 1 amide bonds. The Bertz CT molecular complexity index is 1120. The number of carbonyl (C=O) groups is 1. The summed E-state index contributed by atoms with van der Waals surface area (Å²) < 4.78 is 33.5. The zero-order valence-electron chi connectivity index (χ0n) is 19.2. The summed E-state index contributed by atoms with van der Waals surface area (Å²) in [6.45, 7) is 2.57. The SMILES string of the molecule is CC[C@@H](c1ccc(-c2ccc(F)cc2F)cc1)N1CC[C@](CCCO)(c2ccccc2)OC1=O. The predicted octanol–water partition coefficient (Wildman–Crippen LogP) is 6.59. The minimum atomic E-state index is -0.750. The van der Waals surface area contributed by atoms with Gasteiger partial charge in [0.05, 0.1) is 6.04 Å². The second kappa shape index (κ2) is 10.3. The van der Waals surface area contributed by atoms with Gasteiger partial charge in [0.25, 0.3) is 0 Å². The van der Waals surface area contributed by atoms with Crippen LogP contribution in [-0.2, 0) is 10.3 Å². The van der Waals surface area contributed by atoms with Crippen LogP contribution in [0.2, 0.25) is 0 Å².